The van der Waals surface area contributed by atoms with Crippen LogP contribution in [-0.4, -0.2) is 31.8 Å². The topological polar surface area (TPSA) is 71.1 Å². The van der Waals surface area contributed by atoms with Crippen LogP contribution in [0.3, 0.4) is 0 Å². The molecule has 3 aromatic carbocycles. The van der Waals surface area contributed by atoms with Crippen LogP contribution in [0.4, 0.5) is 0 Å². The Hall–Kier alpha value is -4.06. The lowest BCUT2D eigenvalue weighted by Gasteiger charge is -2.09. The van der Waals surface area contributed by atoms with Crippen molar-refractivity contribution in [2.24, 2.45) is 0 Å². The number of hydrogen-bond donors (Lipinski definition) is 0. The van der Waals surface area contributed by atoms with E-state index in [0.717, 1.165) is 63.1 Å². The third kappa shape index (κ3) is 19.5. The van der Waals surface area contributed by atoms with Gasteiger partial charge in [0.05, 0.1) is 25.4 Å². The summed E-state index contributed by atoms with van der Waals surface area (Å²) in [6.07, 6.45) is 25.1. The maximum atomic E-state index is 12.7. The van der Waals surface area contributed by atoms with Crippen molar-refractivity contribution in [2.45, 2.75) is 135 Å². The first-order valence-electron chi connectivity index (χ1n) is 20.1. The molecule has 0 aliphatic carbocycles. The summed E-state index contributed by atoms with van der Waals surface area (Å²) in [7, 11) is 0. The highest BCUT2D eigenvalue weighted by Crippen LogP contribution is 2.20. The first-order valence-corrected chi connectivity index (χ1v) is 20.1. The van der Waals surface area contributed by atoms with Crippen molar-refractivity contribution in [3.8, 4) is 17.2 Å². The molecule has 52 heavy (non-hydrogen) atoms. The Morgan fingerprint density at radius 3 is 1.33 bits per heavy atom. The smallest absolute Gasteiger partial charge is 0.343 e. The molecule has 0 saturated heterocycles. The zero-order valence-electron chi connectivity index (χ0n) is 31.9. The van der Waals surface area contributed by atoms with Crippen molar-refractivity contribution < 1.29 is 28.5 Å². The molecule has 0 aliphatic heterocycles. The number of aryl methyl sites for hydroxylation is 2. The summed E-state index contributed by atoms with van der Waals surface area (Å²) in [5.74, 6) is 1.52. The van der Waals surface area contributed by atoms with Gasteiger partial charge in [-0.05, 0) is 91.8 Å². The molecule has 0 aliphatic rings. The molecule has 0 atom stereocenters. The van der Waals surface area contributed by atoms with E-state index in [0.29, 0.717) is 24.5 Å². The average Bonchev–Trinajstić information content (AvgIpc) is 3.17. The van der Waals surface area contributed by atoms with Gasteiger partial charge in [-0.15, -0.1) is 0 Å². The van der Waals surface area contributed by atoms with E-state index >= 15 is 0 Å². The molecule has 0 aromatic heterocycles. The van der Waals surface area contributed by atoms with Crippen LogP contribution in [-0.2, 0) is 22.4 Å². The predicted molar refractivity (Wildman–Crippen MR) is 213 cm³/mol. The molecule has 0 N–H and O–H groups in total. The fourth-order valence-electron chi connectivity index (χ4n) is 6.08. The van der Waals surface area contributed by atoms with E-state index in [1.54, 1.807) is 12.1 Å². The number of esters is 2. The molecule has 3 aromatic rings. The van der Waals surface area contributed by atoms with Crippen molar-refractivity contribution in [2.75, 3.05) is 19.8 Å². The van der Waals surface area contributed by atoms with E-state index in [1.807, 2.05) is 36.4 Å². The molecular formula is C46H64O6. The molecule has 6 nitrogen and oxygen atoms in total. The quantitative estimate of drug-likeness (QED) is 0.0296. The first-order chi connectivity index (χ1) is 25.6. The lowest BCUT2D eigenvalue weighted by Crippen LogP contribution is -2.08. The van der Waals surface area contributed by atoms with E-state index in [1.165, 1.54) is 101 Å². The molecule has 284 valence electrons. The van der Waals surface area contributed by atoms with Crippen LogP contribution in [0.2, 0.25) is 0 Å². The third-order valence-electron chi connectivity index (χ3n) is 9.33. The van der Waals surface area contributed by atoms with E-state index < -0.39 is 0 Å². The van der Waals surface area contributed by atoms with Gasteiger partial charge in [-0.1, -0.05) is 134 Å². The molecule has 3 rings (SSSR count). The van der Waals surface area contributed by atoms with Crippen LogP contribution in [0.25, 0.3) is 0 Å². The highest BCUT2D eigenvalue weighted by atomic mass is 16.5. The largest absolute Gasteiger partial charge is 0.494 e. The lowest BCUT2D eigenvalue weighted by atomic mass is 10.0. The SMILES string of the molecule is C=CC(=O)OCCCCCCCCCCCOc1ccc(C(=O)Oc2ccc(CCc3ccc(OCCCCCCCCCCC)cc3)cc2)cc1. The monoisotopic (exact) mass is 712 g/mol. The molecule has 0 fully saturated rings. The van der Waals surface area contributed by atoms with Crippen molar-refractivity contribution in [1.29, 1.82) is 0 Å². The first kappa shape index (κ1) is 42.4. The molecule has 0 bridgehead atoms. The normalized spacial score (nSPS) is 10.9. The van der Waals surface area contributed by atoms with Gasteiger partial charge in [0, 0.05) is 6.08 Å². The van der Waals surface area contributed by atoms with Crippen molar-refractivity contribution in [3.05, 3.63) is 102 Å². The number of rotatable bonds is 30. The number of hydrogen-bond acceptors (Lipinski definition) is 6. The predicted octanol–water partition coefficient (Wildman–Crippen LogP) is 12.2. The van der Waals surface area contributed by atoms with Gasteiger partial charge in [0.25, 0.3) is 0 Å². The zero-order valence-corrected chi connectivity index (χ0v) is 31.9. The van der Waals surface area contributed by atoms with Gasteiger partial charge in [0.15, 0.2) is 0 Å². The number of unbranched alkanes of at least 4 members (excludes halogenated alkanes) is 16. The lowest BCUT2D eigenvalue weighted by molar-refractivity contribution is -0.137. The van der Waals surface area contributed by atoms with E-state index in [9.17, 15) is 9.59 Å². The highest BCUT2D eigenvalue weighted by Gasteiger charge is 2.09. The average molecular weight is 713 g/mol. The summed E-state index contributed by atoms with van der Waals surface area (Å²) in [6.45, 7) is 7.60. The second-order valence-electron chi connectivity index (χ2n) is 13.8. The minimum atomic E-state index is -0.379. The molecule has 0 unspecified atom stereocenters. The number of carbonyl (C=O) groups is 2. The van der Waals surface area contributed by atoms with Gasteiger partial charge >= 0.3 is 11.9 Å². The summed E-state index contributed by atoms with van der Waals surface area (Å²) in [5.41, 5.74) is 2.97. The Labute approximate surface area is 314 Å². The van der Waals surface area contributed by atoms with Crippen LogP contribution in [0.5, 0.6) is 17.2 Å². The number of ether oxygens (including phenoxy) is 4. The van der Waals surface area contributed by atoms with Crippen LogP contribution in [0, 0.1) is 0 Å². The van der Waals surface area contributed by atoms with Gasteiger partial charge in [-0.25, -0.2) is 9.59 Å². The summed E-state index contributed by atoms with van der Waals surface area (Å²) in [6, 6.07) is 23.4. The Morgan fingerprint density at radius 1 is 0.500 bits per heavy atom. The number of carbonyl (C=O) groups excluding carboxylic acids is 2. The third-order valence-corrected chi connectivity index (χ3v) is 9.33. The maximum absolute atomic E-state index is 12.7. The molecule has 0 spiro atoms. The van der Waals surface area contributed by atoms with Crippen LogP contribution in [0.1, 0.15) is 144 Å². The summed E-state index contributed by atoms with van der Waals surface area (Å²) in [4.78, 5) is 23.7. The van der Waals surface area contributed by atoms with Gasteiger partial charge < -0.3 is 18.9 Å². The van der Waals surface area contributed by atoms with Crippen LogP contribution < -0.4 is 14.2 Å². The highest BCUT2D eigenvalue weighted by molar-refractivity contribution is 5.91. The molecule has 0 amide bonds. The molecule has 6 heteroatoms. The second-order valence-corrected chi connectivity index (χ2v) is 13.8. The van der Waals surface area contributed by atoms with Crippen molar-refractivity contribution in [3.63, 3.8) is 0 Å². The van der Waals surface area contributed by atoms with E-state index in [2.05, 4.69) is 37.8 Å². The van der Waals surface area contributed by atoms with E-state index in [4.69, 9.17) is 18.9 Å². The van der Waals surface area contributed by atoms with Gasteiger partial charge in [-0.3, -0.25) is 0 Å². The van der Waals surface area contributed by atoms with Crippen LogP contribution in [0.15, 0.2) is 85.5 Å². The number of benzene rings is 3. The summed E-state index contributed by atoms with van der Waals surface area (Å²) < 4.78 is 22.5. The molecule has 0 heterocycles. The standard InChI is InChI=1S/C46H64O6/c1-3-5-6-7-8-10-13-16-19-36-49-42-30-24-39(25-31-42)22-23-40-26-32-44(33-27-40)52-46(48)41-28-34-43(35-29-41)50-37-20-17-14-11-9-12-15-18-21-38-51-45(47)4-2/h4,24-35H,2-3,5-23,36-38H2,1H3. The Morgan fingerprint density at radius 2 is 0.885 bits per heavy atom. The maximum Gasteiger partial charge on any atom is 0.343 e. The second kappa shape index (κ2) is 27.6. The van der Waals surface area contributed by atoms with Crippen molar-refractivity contribution in [1.82, 2.24) is 0 Å². The Bertz CT molecular complexity index is 1360. The fourth-order valence-corrected chi connectivity index (χ4v) is 6.08. The van der Waals surface area contributed by atoms with Crippen molar-refractivity contribution >= 4 is 11.9 Å². The van der Waals surface area contributed by atoms with Gasteiger partial charge in [-0.2, -0.15) is 0 Å². The van der Waals surface area contributed by atoms with Gasteiger partial charge in [0.2, 0.25) is 0 Å². The fraction of sp³-hybridized carbons (Fsp3) is 0.522. The summed E-state index contributed by atoms with van der Waals surface area (Å²) in [5, 5.41) is 0. The Balaban J connectivity index is 1.21. The zero-order chi connectivity index (χ0) is 36.9. The Kier molecular flexibility index (Phi) is 22.5. The minimum absolute atomic E-state index is 0.340. The molecular weight excluding hydrogens is 648 g/mol. The van der Waals surface area contributed by atoms with Crippen LogP contribution >= 0.6 is 0 Å². The van der Waals surface area contributed by atoms with E-state index in [-0.39, 0.29) is 11.9 Å². The molecule has 0 radical (unpaired) electrons. The minimum Gasteiger partial charge on any atom is -0.494 e. The van der Waals surface area contributed by atoms with Gasteiger partial charge in [0.1, 0.15) is 17.2 Å². The summed E-state index contributed by atoms with van der Waals surface area (Å²) >= 11 is 0. The molecule has 0 saturated carbocycles.